The molecule has 0 spiro atoms. The Labute approximate surface area is 147 Å². The molecular formula is C17H26FN3O2S. The van der Waals surface area contributed by atoms with Crippen molar-refractivity contribution in [1.82, 2.24) is 9.97 Å². The third kappa shape index (κ3) is 8.01. The number of carbonyl (C=O) groups is 1. The maximum atomic E-state index is 12.9. The first kappa shape index (κ1) is 22.0. The summed E-state index contributed by atoms with van der Waals surface area (Å²) in [4.78, 5) is 17.7. The third-order valence-electron chi connectivity index (χ3n) is 2.38. The number of rotatable bonds is 3. The Kier molecular flexibility index (Phi) is 9.80. The topological polar surface area (TPSA) is 64.1 Å². The zero-order valence-electron chi connectivity index (χ0n) is 15.3. The molecule has 5 nitrogen and oxygen atoms in total. The molecule has 24 heavy (non-hydrogen) atoms. The van der Waals surface area contributed by atoms with E-state index in [0.29, 0.717) is 12.0 Å². The van der Waals surface area contributed by atoms with Crippen molar-refractivity contribution in [1.29, 1.82) is 0 Å². The smallest absolute Gasteiger partial charge is 0.293 e. The zero-order chi connectivity index (χ0) is 18.8. The van der Waals surface area contributed by atoms with Crippen LogP contribution in [0.2, 0.25) is 0 Å². The van der Waals surface area contributed by atoms with Crippen molar-refractivity contribution in [3.63, 3.8) is 0 Å². The summed E-state index contributed by atoms with van der Waals surface area (Å²) in [5, 5.41) is 4.82. The first-order chi connectivity index (χ1) is 11.3. The molecule has 2 aromatic heterocycles. The fourth-order valence-electron chi connectivity index (χ4n) is 1.43. The monoisotopic (exact) mass is 355 g/mol. The highest BCUT2D eigenvalue weighted by Crippen LogP contribution is 2.30. The largest absolute Gasteiger partial charge is 0.462 e. The molecule has 0 aliphatic rings. The van der Waals surface area contributed by atoms with Gasteiger partial charge in [0, 0.05) is 18.8 Å². The van der Waals surface area contributed by atoms with Gasteiger partial charge in [-0.25, -0.2) is 9.37 Å². The molecule has 0 aliphatic carbocycles. The number of nitrogens with zero attached hydrogens (tertiary/aromatic N) is 2. The lowest BCUT2D eigenvalue weighted by Crippen LogP contribution is -2.17. The molecule has 0 saturated carbocycles. The second kappa shape index (κ2) is 10.7. The normalized spacial score (nSPS) is 9.83. The molecule has 0 atom stereocenters. The number of nitrogens with one attached hydrogen (secondary N) is 1. The molecule has 2 aromatic rings. The third-order valence-corrected chi connectivity index (χ3v) is 3.60. The van der Waals surface area contributed by atoms with Crippen LogP contribution in [0.4, 0.5) is 9.39 Å². The minimum Gasteiger partial charge on any atom is -0.462 e. The van der Waals surface area contributed by atoms with Gasteiger partial charge in [-0.1, -0.05) is 25.2 Å². The average molecular weight is 355 g/mol. The average Bonchev–Trinajstić information content (AvgIpc) is 2.90. The molecule has 0 bridgehead atoms. The lowest BCUT2D eigenvalue weighted by Gasteiger charge is -2.14. The van der Waals surface area contributed by atoms with Gasteiger partial charge >= 0.3 is 0 Å². The Morgan fingerprint density at radius 3 is 2.29 bits per heavy atom. The highest BCUT2D eigenvalue weighted by Gasteiger charge is 2.09. The summed E-state index contributed by atoms with van der Waals surface area (Å²) < 4.78 is 17.5. The van der Waals surface area contributed by atoms with E-state index in [1.165, 1.54) is 23.6 Å². The van der Waals surface area contributed by atoms with Gasteiger partial charge in [0.1, 0.15) is 21.4 Å². The van der Waals surface area contributed by atoms with Gasteiger partial charge in [-0.05, 0) is 33.8 Å². The van der Waals surface area contributed by atoms with E-state index < -0.39 is 0 Å². The maximum Gasteiger partial charge on any atom is 0.293 e. The number of ether oxygens (including phenoxy) is 1. The highest BCUT2D eigenvalue weighted by molar-refractivity contribution is 7.19. The van der Waals surface area contributed by atoms with Crippen LogP contribution in [0.3, 0.4) is 0 Å². The van der Waals surface area contributed by atoms with Crippen molar-refractivity contribution in [3.8, 4) is 10.6 Å². The van der Waals surface area contributed by atoms with Crippen LogP contribution in [0.1, 0.15) is 40.3 Å². The number of aryl methyl sites for hydroxylation is 1. The number of hydrogen-bond acceptors (Lipinski definition) is 6. The summed E-state index contributed by atoms with van der Waals surface area (Å²) in [7, 11) is 1.84. The van der Waals surface area contributed by atoms with Gasteiger partial charge in [0.2, 0.25) is 0 Å². The molecule has 0 amide bonds. The molecule has 0 unspecified atom stereocenters. The molecule has 0 aliphatic heterocycles. The number of halogens is 1. The van der Waals surface area contributed by atoms with Crippen LogP contribution in [-0.4, -0.2) is 29.1 Å². The molecule has 134 valence electrons. The maximum absolute atomic E-state index is 12.9. The van der Waals surface area contributed by atoms with Crippen molar-refractivity contribution in [2.75, 3.05) is 12.4 Å². The summed E-state index contributed by atoms with van der Waals surface area (Å²) >= 11 is 1.49. The van der Waals surface area contributed by atoms with E-state index in [0.717, 1.165) is 15.7 Å². The Morgan fingerprint density at radius 1 is 1.29 bits per heavy atom. The molecule has 0 aromatic carbocycles. The van der Waals surface area contributed by atoms with Gasteiger partial charge in [0.15, 0.2) is 0 Å². The van der Waals surface area contributed by atoms with E-state index in [-0.39, 0.29) is 11.4 Å². The molecule has 2 heterocycles. The van der Waals surface area contributed by atoms with Crippen LogP contribution in [0.15, 0.2) is 18.5 Å². The predicted molar refractivity (Wildman–Crippen MR) is 97.8 cm³/mol. The van der Waals surface area contributed by atoms with E-state index in [2.05, 4.69) is 20.0 Å². The Bertz CT molecular complexity index is 625. The summed E-state index contributed by atoms with van der Waals surface area (Å²) in [5.74, 6) is -0.341. The van der Waals surface area contributed by atoms with E-state index >= 15 is 0 Å². The van der Waals surface area contributed by atoms with E-state index in [1.54, 1.807) is 6.20 Å². The lowest BCUT2D eigenvalue weighted by molar-refractivity contribution is -0.138. The van der Waals surface area contributed by atoms with Crippen molar-refractivity contribution >= 4 is 22.8 Å². The number of anilines is 1. The first-order valence-electron chi connectivity index (χ1n) is 7.64. The van der Waals surface area contributed by atoms with Crippen molar-refractivity contribution in [2.45, 2.75) is 47.1 Å². The predicted octanol–water partition coefficient (Wildman–Crippen LogP) is 4.68. The number of hydrogen-bond donors (Lipinski definition) is 1. The minimum absolute atomic E-state index is 0.318. The van der Waals surface area contributed by atoms with Crippen LogP contribution in [0.5, 0.6) is 0 Å². The Morgan fingerprint density at radius 2 is 1.92 bits per heavy atom. The number of thiazole rings is 1. The molecule has 0 saturated heterocycles. The highest BCUT2D eigenvalue weighted by atomic mass is 32.1. The standard InChI is InChI=1S/C10H10FN3S.C5H10O2.C2H6/c1-6-9(12-2)15-10(14-6)7-3-8(11)5-13-4-7;1-5(2,3)7-4-6;1-2/h3-5,12H,1-2H3;4H,1-3H3;1-2H3. The summed E-state index contributed by atoms with van der Waals surface area (Å²) in [6, 6.07) is 1.44. The van der Waals surface area contributed by atoms with Crippen LogP contribution >= 0.6 is 11.3 Å². The molecule has 0 fully saturated rings. The van der Waals surface area contributed by atoms with Gasteiger partial charge in [-0.2, -0.15) is 0 Å². The van der Waals surface area contributed by atoms with E-state index in [1.807, 2.05) is 48.6 Å². The molecule has 7 heteroatoms. The van der Waals surface area contributed by atoms with Crippen LogP contribution in [0, 0.1) is 12.7 Å². The minimum atomic E-state index is -0.341. The quantitative estimate of drug-likeness (QED) is 0.810. The van der Waals surface area contributed by atoms with Crippen LogP contribution < -0.4 is 5.32 Å². The first-order valence-corrected chi connectivity index (χ1v) is 8.46. The second-order valence-corrected chi connectivity index (χ2v) is 6.40. The van der Waals surface area contributed by atoms with Gasteiger partial charge in [0.25, 0.3) is 6.47 Å². The lowest BCUT2D eigenvalue weighted by atomic mass is 10.2. The van der Waals surface area contributed by atoms with Crippen molar-refractivity contribution in [2.24, 2.45) is 0 Å². The fourth-order valence-corrected chi connectivity index (χ4v) is 2.33. The van der Waals surface area contributed by atoms with Crippen LogP contribution in [0.25, 0.3) is 10.6 Å². The fraction of sp³-hybridized carbons (Fsp3) is 0.471. The van der Waals surface area contributed by atoms with Gasteiger partial charge in [0.05, 0.1) is 11.9 Å². The van der Waals surface area contributed by atoms with E-state index in [9.17, 15) is 9.18 Å². The second-order valence-electron chi connectivity index (χ2n) is 5.40. The van der Waals surface area contributed by atoms with E-state index in [4.69, 9.17) is 0 Å². The SMILES string of the molecule is CC.CC(C)(C)OC=O.CNc1sc(-c2cncc(F)c2)nc1C. The van der Waals surface area contributed by atoms with Gasteiger partial charge in [-0.15, -0.1) is 0 Å². The molecule has 1 N–H and O–H groups in total. The van der Waals surface area contributed by atoms with Gasteiger partial charge in [-0.3, -0.25) is 9.78 Å². The number of carbonyl (C=O) groups excluding carboxylic acids is 1. The van der Waals surface area contributed by atoms with Crippen molar-refractivity contribution < 1.29 is 13.9 Å². The Balaban J connectivity index is 0.000000501. The van der Waals surface area contributed by atoms with Crippen molar-refractivity contribution in [3.05, 3.63) is 30.0 Å². The molecule has 2 rings (SSSR count). The van der Waals surface area contributed by atoms with Gasteiger partial charge < -0.3 is 10.1 Å². The molecule has 0 radical (unpaired) electrons. The summed E-state index contributed by atoms with van der Waals surface area (Å²) in [6.45, 7) is 11.8. The zero-order valence-corrected chi connectivity index (χ0v) is 16.1. The number of pyridine rings is 1. The number of aromatic nitrogens is 2. The van der Waals surface area contributed by atoms with Crippen LogP contribution in [-0.2, 0) is 9.53 Å². The molecular weight excluding hydrogens is 329 g/mol. The summed E-state index contributed by atoms with van der Waals surface area (Å²) in [5.41, 5.74) is 1.31. The Hall–Kier alpha value is -2.02. The summed E-state index contributed by atoms with van der Waals surface area (Å²) in [6.07, 6.45) is 2.80.